The molecule has 1 aromatic rings. The molecule has 2 fully saturated rings. The van der Waals surface area contributed by atoms with Crippen molar-refractivity contribution in [3.8, 4) is 0 Å². The minimum Gasteiger partial charge on any atom is -0.466 e. The molecule has 2 bridgehead atoms. The Hall–Kier alpha value is -1.29. The third-order valence-electron chi connectivity index (χ3n) is 5.19. The molecule has 20 heavy (non-hydrogen) atoms. The van der Waals surface area contributed by atoms with Crippen LogP contribution in [0, 0.1) is 31.6 Å². The van der Waals surface area contributed by atoms with E-state index in [4.69, 9.17) is 10.2 Å². The Morgan fingerprint density at radius 1 is 1.40 bits per heavy atom. The summed E-state index contributed by atoms with van der Waals surface area (Å²) in [7, 11) is 0. The van der Waals surface area contributed by atoms with Crippen molar-refractivity contribution in [1.29, 1.82) is 0 Å². The van der Waals surface area contributed by atoms with Gasteiger partial charge in [0.1, 0.15) is 11.5 Å². The maximum absolute atomic E-state index is 12.5. The number of rotatable bonds is 3. The number of nitrogens with one attached hydrogen (secondary N) is 1. The number of amides is 1. The first-order valence-electron chi connectivity index (χ1n) is 7.60. The summed E-state index contributed by atoms with van der Waals surface area (Å²) in [6, 6.07) is 2.03. The number of carbonyl (C=O) groups is 1. The van der Waals surface area contributed by atoms with E-state index in [9.17, 15) is 4.79 Å². The molecular weight excluding hydrogens is 252 g/mol. The standard InChI is InChI=1S/C16H24N2O2/c1-8-6-13(10(3)20-8)9(2)18-16(19)14-11-4-5-12(7-11)15(14)17/h6,9,11-12,14-15H,4-5,7,17H2,1-3H3,(H,18,19). The zero-order chi connectivity index (χ0) is 14.4. The Kier molecular flexibility index (Phi) is 3.36. The molecule has 4 nitrogen and oxygen atoms in total. The van der Waals surface area contributed by atoms with E-state index in [1.165, 1.54) is 6.42 Å². The summed E-state index contributed by atoms with van der Waals surface area (Å²) in [5.74, 6) is 2.95. The maximum atomic E-state index is 12.5. The summed E-state index contributed by atoms with van der Waals surface area (Å²) in [6.07, 6.45) is 3.50. The van der Waals surface area contributed by atoms with Crippen LogP contribution in [0.3, 0.4) is 0 Å². The Morgan fingerprint density at radius 3 is 2.65 bits per heavy atom. The molecule has 0 radical (unpaired) electrons. The van der Waals surface area contributed by atoms with Gasteiger partial charge in [-0.05, 0) is 57.9 Å². The van der Waals surface area contributed by atoms with Crippen molar-refractivity contribution in [2.24, 2.45) is 23.5 Å². The number of furan rings is 1. The lowest BCUT2D eigenvalue weighted by atomic mass is 9.84. The van der Waals surface area contributed by atoms with Crippen molar-refractivity contribution < 1.29 is 9.21 Å². The van der Waals surface area contributed by atoms with Crippen molar-refractivity contribution in [2.75, 3.05) is 0 Å². The number of carbonyl (C=O) groups excluding carboxylic acids is 1. The van der Waals surface area contributed by atoms with Crippen molar-refractivity contribution >= 4 is 5.91 Å². The lowest BCUT2D eigenvalue weighted by Gasteiger charge is -2.28. The third kappa shape index (κ3) is 2.16. The van der Waals surface area contributed by atoms with Gasteiger partial charge in [-0.25, -0.2) is 0 Å². The lowest BCUT2D eigenvalue weighted by Crippen LogP contribution is -2.45. The molecular formula is C16H24N2O2. The second-order valence-corrected chi connectivity index (χ2v) is 6.54. The molecule has 1 heterocycles. The fourth-order valence-corrected chi connectivity index (χ4v) is 4.19. The van der Waals surface area contributed by atoms with Crippen LogP contribution in [0.25, 0.3) is 0 Å². The molecule has 2 saturated carbocycles. The van der Waals surface area contributed by atoms with Crippen LogP contribution >= 0.6 is 0 Å². The quantitative estimate of drug-likeness (QED) is 0.891. The summed E-state index contributed by atoms with van der Waals surface area (Å²) in [6.45, 7) is 5.87. The molecule has 2 aliphatic rings. The van der Waals surface area contributed by atoms with Gasteiger partial charge in [-0.15, -0.1) is 0 Å². The summed E-state index contributed by atoms with van der Waals surface area (Å²) in [4.78, 5) is 12.5. The Bertz CT molecular complexity index is 521. The van der Waals surface area contributed by atoms with Crippen LogP contribution in [-0.2, 0) is 4.79 Å². The number of aryl methyl sites for hydroxylation is 2. The van der Waals surface area contributed by atoms with Crippen LogP contribution in [0.5, 0.6) is 0 Å². The van der Waals surface area contributed by atoms with Gasteiger partial charge in [0.05, 0.1) is 12.0 Å². The minimum absolute atomic E-state index is 0.00417. The molecule has 0 saturated heterocycles. The average molecular weight is 276 g/mol. The zero-order valence-corrected chi connectivity index (χ0v) is 12.5. The van der Waals surface area contributed by atoms with Crippen LogP contribution in [-0.4, -0.2) is 11.9 Å². The summed E-state index contributed by atoms with van der Waals surface area (Å²) < 4.78 is 5.54. The van der Waals surface area contributed by atoms with Crippen LogP contribution in [0.1, 0.15) is 49.3 Å². The van der Waals surface area contributed by atoms with E-state index in [1.807, 2.05) is 26.8 Å². The molecule has 0 aromatic carbocycles. The normalized spacial score (nSPS) is 33.4. The van der Waals surface area contributed by atoms with E-state index in [2.05, 4.69) is 5.32 Å². The minimum atomic E-state index is -0.0220. The molecule has 0 spiro atoms. The summed E-state index contributed by atoms with van der Waals surface area (Å²) >= 11 is 0. The van der Waals surface area contributed by atoms with Gasteiger partial charge in [0.15, 0.2) is 0 Å². The number of hydrogen-bond donors (Lipinski definition) is 2. The number of nitrogens with two attached hydrogens (primary N) is 1. The molecule has 0 aliphatic heterocycles. The van der Waals surface area contributed by atoms with E-state index >= 15 is 0 Å². The van der Waals surface area contributed by atoms with Gasteiger partial charge in [-0.3, -0.25) is 4.79 Å². The van der Waals surface area contributed by atoms with Gasteiger partial charge in [0, 0.05) is 11.6 Å². The SMILES string of the molecule is Cc1cc(C(C)NC(=O)C2C3CCC(C3)C2N)c(C)o1. The largest absolute Gasteiger partial charge is 0.466 e. The predicted octanol–water partition coefficient (Wildman–Crippen LogP) is 2.45. The average Bonchev–Trinajstić information content (AvgIpc) is 3.03. The maximum Gasteiger partial charge on any atom is 0.225 e. The second-order valence-electron chi connectivity index (χ2n) is 6.54. The topological polar surface area (TPSA) is 68.3 Å². The van der Waals surface area contributed by atoms with Gasteiger partial charge < -0.3 is 15.5 Å². The van der Waals surface area contributed by atoms with E-state index in [0.29, 0.717) is 11.8 Å². The second kappa shape index (κ2) is 4.92. The van der Waals surface area contributed by atoms with Crippen LogP contribution in [0.4, 0.5) is 0 Å². The molecule has 1 amide bonds. The predicted molar refractivity (Wildman–Crippen MR) is 77.0 cm³/mol. The van der Waals surface area contributed by atoms with E-state index in [0.717, 1.165) is 29.9 Å². The van der Waals surface area contributed by atoms with Crippen LogP contribution in [0.2, 0.25) is 0 Å². The molecule has 3 rings (SSSR count). The first kappa shape index (κ1) is 13.7. The van der Waals surface area contributed by atoms with E-state index in [-0.39, 0.29) is 23.9 Å². The van der Waals surface area contributed by atoms with E-state index < -0.39 is 0 Å². The Morgan fingerprint density at radius 2 is 2.10 bits per heavy atom. The van der Waals surface area contributed by atoms with Crippen molar-refractivity contribution in [3.63, 3.8) is 0 Å². The monoisotopic (exact) mass is 276 g/mol. The molecule has 5 unspecified atom stereocenters. The van der Waals surface area contributed by atoms with Gasteiger partial charge in [0.25, 0.3) is 0 Å². The molecule has 4 heteroatoms. The van der Waals surface area contributed by atoms with Crippen molar-refractivity contribution in [2.45, 2.75) is 52.1 Å². The van der Waals surface area contributed by atoms with Crippen LogP contribution < -0.4 is 11.1 Å². The van der Waals surface area contributed by atoms with Gasteiger partial charge >= 0.3 is 0 Å². The Labute approximate surface area is 120 Å². The van der Waals surface area contributed by atoms with Crippen molar-refractivity contribution in [3.05, 3.63) is 23.2 Å². The molecule has 1 aromatic heterocycles. The highest BCUT2D eigenvalue weighted by Gasteiger charge is 2.49. The highest BCUT2D eigenvalue weighted by atomic mass is 16.3. The highest BCUT2D eigenvalue weighted by molar-refractivity contribution is 5.80. The van der Waals surface area contributed by atoms with Gasteiger partial charge in [-0.2, -0.15) is 0 Å². The van der Waals surface area contributed by atoms with Crippen LogP contribution in [0.15, 0.2) is 10.5 Å². The first-order valence-corrected chi connectivity index (χ1v) is 7.60. The van der Waals surface area contributed by atoms with Gasteiger partial charge in [-0.1, -0.05) is 0 Å². The zero-order valence-electron chi connectivity index (χ0n) is 12.5. The molecule has 2 aliphatic carbocycles. The van der Waals surface area contributed by atoms with E-state index in [1.54, 1.807) is 0 Å². The smallest absolute Gasteiger partial charge is 0.225 e. The van der Waals surface area contributed by atoms with Gasteiger partial charge in [0.2, 0.25) is 5.91 Å². The molecule has 3 N–H and O–H groups in total. The Balaban J connectivity index is 1.69. The fraction of sp³-hybridized carbons (Fsp3) is 0.688. The molecule has 5 atom stereocenters. The number of hydrogen-bond acceptors (Lipinski definition) is 3. The summed E-state index contributed by atoms with van der Waals surface area (Å²) in [5.41, 5.74) is 7.30. The first-order chi connectivity index (χ1) is 9.47. The molecule has 110 valence electrons. The third-order valence-corrected chi connectivity index (χ3v) is 5.19. The highest BCUT2D eigenvalue weighted by Crippen LogP contribution is 2.47. The summed E-state index contributed by atoms with van der Waals surface area (Å²) in [5, 5.41) is 3.13. The lowest BCUT2D eigenvalue weighted by molar-refractivity contribution is -0.127. The fourth-order valence-electron chi connectivity index (χ4n) is 4.19. The van der Waals surface area contributed by atoms with Crippen molar-refractivity contribution in [1.82, 2.24) is 5.32 Å². The number of fused-ring (bicyclic) bond motifs is 2.